The predicted molar refractivity (Wildman–Crippen MR) is 118 cm³/mol. The molecule has 7 nitrogen and oxygen atoms in total. The number of piperidine rings is 1. The van der Waals surface area contributed by atoms with Crippen LogP contribution in [0.3, 0.4) is 0 Å². The lowest BCUT2D eigenvalue weighted by Crippen LogP contribution is -2.55. The van der Waals surface area contributed by atoms with Gasteiger partial charge in [-0.3, -0.25) is 9.80 Å². The molecule has 1 aromatic carbocycles. The minimum atomic E-state index is -0.232. The molecule has 1 saturated heterocycles. The van der Waals surface area contributed by atoms with Crippen LogP contribution in [0.5, 0.6) is 0 Å². The van der Waals surface area contributed by atoms with Gasteiger partial charge in [0.25, 0.3) is 0 Å². The lowest BCUT2D eigenvalue weighted by Gasteiger charge is -2.45. The smallest absolute Gasteiger partial charge is 0.186 e. The molecule has 0 saturated carbocycles. The van der Waals surface area contributed by atoms with Crippen molar-refractivity contribution in [3.63, 3.8) is 0 Å². The topological polar surface area (TPSA) is 66.6 Å². The molecule has 1 aromatic rings. The van der Waals surface area contributed by atoms with Gasteiger partial charge in [-0.05, 0) is 38.3 Å². The van der Waals surface area contributed by atoms with Gasteiger partial charge in [0.2, 0.25) is 0 Å². The molecule has 0 radical (unpaired) electrons. The van der Waals surface area contributed by atoms with Gasteiger partial charge in [0.1, 0.15) is 11.7 Å². The fraction of sp³-hybridized carbons (Fsp3) is 0.591. The van der Waals surface area contributed by atoms with Gasteiger partial charge >= 0.3 is 0 Å². The molecule has 0 bridgehead atoms. The molecule has 0 spiro atoms. The summed E-state index contributed by atoms with van der Waals surface area (Å²) < 4.78 is 10.7. The molecule has 0 aromatic heterocycles. The highest BCUT2D eigenvalue weighted by atomic mass is 16.5. The third-order valence-corrected chi connectivity index (χ3v) is 5.50. The molecule has 0 amide bonds. The van der Waals surface area contributed by atoms with Crippen molar-refractivity contribution in [2.75, 3.05) is 58.5 Å². The summed E-state index contributed by atoms with van der Waals surface area (Å²) in [4.78, 5) is 11.9. The fourth-order valence-electron chi connectivity index (χ4n) is 3.89. The highest BCUT2D eigenvalue weighted by Gasteiger charge is 2.33. The minimum Gasteiger partial charge on any atom is -0.384 e. The SMILES string of the molecule is COCCN(CCOC)C1N=C(N)C=C(N2CCCCC2)N1c1ccc(C)cc1. The van der Waals surface area contributed by atoms with Crippen molar-refractivity contribution in [1.82, 2.24) is 9.80 Å². The Morgan fingerprint density at radius 3 is 2.24 bits per heavy atom. The Morgan fingerprint density at radius 1 is 1.03 bits per heavy atom. The normalized spacial score (nSPS) is 20.1. The second-order valence-corrected chi connectivity index (χ2v) is 7.68. The summed E-state index contributed by atoms with van der Waals surface area (Å²) in [6, 6.07) is 8.64. The lowest BCUT2D eigenvalue weighted by atomic mass is 10.1. The van der Waals surface area contributed by atoms with Crippen molar-refractivity contribution in [2.24, 2.45) is 10.7 Å². The molecular weight excluding hydrogens is 366 g/mol. The zero-order valence-electron chi connectivity index (χ0n) is 18.0. The minimum absolute atomic E-state index is 0.232. The van der Waals surface area contributed by atoms with E-state index in [9.17, 15) is 0 Å². The van der Waals surface area contributed by atoms with Crippen LogP contribution in [-0.2, 0) is 9.47 Å². The first-order valence-electron chi connectivity index (χ1n) is 10.5. The quantitative estimate of drug-likeness (QED) is 0.685. The van der Waals surface area contributed by atoms with E-state index in [-0.39, 0.29) is 6.29 Å². The van der Waals surface area contributed by atoms with Gasteiger partial charge in [0.15, 0.2) is 6.29 Å². The standard InChI is InChI=1S/C22H35N5O2/c1-18-7-9-19(10-8-18)27-21(25-11-5-4-6-12-25)17-20(23)24-22(27)26(13-15-28-2)14-16-29-3/h7-10,17,22H,4-6,11-16H2,1-3H3,(H2,23,24). The lowest BCUT2D eigenvalue weighted by molar-refractivity contribution is 0.0864. The van der Waals surface area contributed by atoms with Crippen molar-refractivity contribution in [1.29, 1.82) is 0 Å². The van der Waals surface area contributed by atoms with Crippen LogP contribution in [-0.4, -0.2) is 75.5 Å². The summed E-state index contributed by atoms with van der Waals surface area (Å²) in [6.07, 6.45) is 5.49. The first kappa shape index (κ1) is 21.6. The van der Waals surface area contributed by atoms with Crippen LogP contribution in [0.25, 0.3) is 0 Å². The van der Waals surface area contributed by atoms with Crippen molar-refractivity contribution < 1.29 is 9.47 Å². The van der Waals surface area contributed by atoms with E-state index in [0.29, 0.717) is 19.0 Å². The van der Waals surface area contributed by atoms with Gasteiger partial charge in [0, 0.05) is 52.2 Å². The maximum Gasteiger partial charge on any atom is 0.186 e. The first-order valence-corrected chi connectivity index (χ1v) is 10.5. The van der Waals surface area contributed by atoms with Gasteiger partial charge in [0.05, 0.1) is 13.2 Å². The predicted octanol–water partition coefficient (Wildman–Crippen LogP) is 2.38. The van der Waals surface area contributed by atoms with Crippen molar-refractivity contribution in [3.8, 4) is 0 Å². The number of hydrogen-bond donors (Lipinski definition) is 1. The molecular formula is C22H35N5O2. The summed E-state index contributed by atoms with van der Waals surface area (Å²) in [7, 11) is 3.45. The zero-order chi connectivity index (χ0) is 20.6. The number of nitrogens with two attached hydrogens (primary N) is 1. The number of hydrogen-bond acceptors (Lipinski definition) is 7. The summed E-state index contributed by atoms with van der Waals surface area (Å²) in [5.74, 6) is 1.70. The van der Waals surface area contributed by atoms with E-state index in [4.69, 9.17) is 20.2 Å². The Hall–Kier alpha value is -2.09. The molecule has 1 fully saturated rings. The maximum atomic E-state index is 6.31. The van der Waals surface area contributed by atoms with Crippen molar-refractivity contribution >= 4 is 11.5 Å². The number of rotatable bonds is 9. The van der Waals surface area contributed by atoms with E-state index < -0.39 is 0 Å². The average molecular weight is 402 g/mol. The van der Waals surface area contributed by atoms with E-state index >= 15 is 0 Å². The van der Waals surface area contributed by atoms with Gasteiger partial charge in [-0.15, -0.1) is 0 Å². The van der Waals surface area contributed by atoms with Crippen LogP contribution >= 0.6 is 0 Å². The molecule has 29 heavy (non-hydrogen) atoms. The Morgan fingerprint density at radius 2 is 1.66 bits per heavy atom. The number of likely N-dealkylation sites (tertiary alicyclic amines) is 1. The number of anilines is 1. The van der Waals surface area contributed by atoms with E-state index in [1.807, 2.05) is 6.08 Å². The first-order chi connectivity index (χ1) is 14.1. The van der Waals surface area contributed by atoms with E-state index in [2.05, 4.69) is 45.9 Å². The van der Waals surface area contributed by atoms with E-state index in [1.165, 1.54) is 24.8 Å². The second kappa shape index (κ2) is 10.6. The van der Waals surface area contributed by atoms with Crippen molar-refractivity contribution in [2.45, 2.75) is 32.5 Å². The summed E-state index contributed by atoms with van der Waals surface area (Å²) in [5, 5.41) is 0. The van der Waals surface area contributed by atoms with Crippen molar-refractivity contribution in [3.05, 3.63) is 41.7 Å². The Labute approximate surface area is 174 Å². The van der Waals surface area contributed by atoms with Gasteiger partial charge in [-0.25, -0.2) is 4.99 Å². The van der Waals surface area contributed by atoms with Crippen LogP contribution in [0.2, 0.25) is 0 Å². The summed E-state index contributed by atoms with van der Waals surface area (Å²) in [6.45, 7) is 6.95. The van der Waals surface area contributed by atoms with Crippen LogP contribution < -0.4 is 10.6 Å². The Kier molecular flexibility index (Phi) is 7.91. The number of aryl methyl sites for hydroxylation is 1. The number of benzene rings is 1. The number of methoxy groups -OCH3 is 2. The third kappa shape index (κ3) is 5.50. The molecule has 2 heterocycles. The maximum absolute atomic E-state index is 6.31. The van der Waals surface area contributed by atoms with Crippen LogP contribution in [0.15, 0.2) is 41.2 Å². The zero-order valence-corrected chi connectivity index (χ0v) is 18.0. The molecule has 3 rings (SSSR count). The number of nitrogens with zero attached hydrogens (tertiary/aromatic N) is 4. The van der Waals surface area contributed by atoms with Gasteiger partial charge in [-0.1, -0.05) is 17.7 Å². The molecule has 2 aliphatic heterocycles. The molecule has 160 valence electrons. The molecule has 7 heteroatoms. The average Bonchev–Trinajstić information content (AvgIpc) is 2.75. The molecule has 2 N–H and O–H groups in total. The second-order valence-electron chi connectivity index (χ2n) is 7.68. The largest absolute Gasteiger partial charge is 0.384 e. The van der Waals surface area contributed by atoms with Crippen LogP contribution in [0.1, 0.15) is 24.8 Å². The van der Waals surface area contributed by atoms with Crippen LogP contribution in [0, 0.1) is 6.92 Å². The molecule has 1 atom stereocenters. The molecule has 1 unspecified atom stereocenters. The monoisotopic (exact) mass is 401 g/mol. The Bertz CT molecular complexity index is 690. The highest BCUT2D eigenvalue weighted by Crippen LogP contribution is 2.31. The highest BCUT2D eigenvalue weighted by molar-refractivity contribution is 5.94. The summed E-state index contributed by atoms with van der Waals surface area (Å²) >= 11 is 0. The third-order valence-electron chi connectivity index (χ3n) is 5.50. The van der Waals surface area contributed by atoms with E-state index in [1.54, 1.807) is 14.2 Å². The number of amidine groups is 1. The van der Waals surface area contributed by atoms with Crippen LogP contribution in [0.4, 0.5) is 5.69 Å². The number of ether oxygens (including phenoxy) is 2. The Balaban J connectivity index is 1.98. The van der Waals surface area contributed by atoms with Gasteiger partial charge < -0.3 is 20.1 Å². The molecule has 2 aliphatic rings. The molecule has 0 aliphatic carbocycles. The van der Waals surface area contributed by atoms with E-state index in [0.717, 1.165) is 37.7 Å². The van der Waals surface area contributed by atoms with Gasteiger partial charge in [-0.2, -0.15) is 0 Å². The summed E-state index contributed by atoms with van der Waals surface area (Å²) in [5.41, 5.74) is 8.67. The fourth-order valence-corrected chi connectivity index (χ4v) is 3.89. The number of aliphatic imine (C=N–C) groups is 1.